The van der Waals surface area contributed by atoms with Crippen LogP contribution in [-0.2, 0) is 6.61 Å². The Kier molecular flexibility index (Phi) is 5.65. The molecule has 0 aliphatic heterocycles. The number of thiophene rings is 1. The number of aryl methyl sites for hydroxylation is 2. The predicted octanol–water partition coefficient (Wildman–Crippen LogP) is 3.29. The molecule has 2 amide bonds. The van der Waals surface area contributed by atoms with Crippen LogP contribution >= 0.6 is 11.3 Å². The number of hydrogen-bond acceptors (Lipinski definition) is 7. The van der Waals surface area contributed by atoms with Gasteiger partial charge in [0.2, 0.25) is 0 Å². The van der Waals surface area contributed by atoms with Crippen LogP contribution in [0, 0.1) is 13.8 Å². The molecule has 3 rings (SSSR count). The van der Waals surface area contributed by atoms with Crippen molar-refractivity contribution in [3.8, 4) is 11.5 Å². The Hall–Kier alpha value is -3.33. The first-order chi connectivity index (χ1) is 13.4. The van der Waals surface area contributed by atoms with Gasteiger partial charge in [-0.2, -0.15) is 0 Å². The second-order valence-corrected chi connectivity index (χ2v) is 6.85. The summed E-state index contributed by atoms with van der Waals surface area (Å²) in [5.74, 6) is 0.583. The van der Waals surface area contributed by atoms with E-state index in [1.54, 1.807) is 29.6 Å². The van der Waals surface area contributed by atoms with Gasteiger partial charge in [-0.25, -0.2) is 0 Å². The number of benzene rings is 1. The van der Waals surface area contributed by atoms with Crippen molar-refractivity contribution in [1.29, 1.82) is 0 Å². The molecule has 28 heavy (non-hydrogen) atoms. The first kappa shape index (κ1) is 19.4. The van der Waals surface area contributed by atoms with Crippen molar-refractivity contribution < 1.29 is 23.6 Å². The van der Waals surface area contributed by atoms with Crippen molar-refractivity contribution in [3.63, 3.8) is 0 Å². The van der Waals surface area contributed by atoms with Crippen molar-refractivity contribution in [2.45, 2.75) is 20.5 Å². The summed E-state index contributed by atoms with van der Waals surface area (Å²) in [6, 6.07) is 6.39. The number of amides is 2. The van der Waals surface area contributed by atoms with E-state index in [9.17, 15) is 9.59 Å². The van der Waals surface area contributed by atoms with E-state index in [4.69, 9.17) is 19.7 Å². The number of methoxy groups -OCH3 is 1. The van der Waals surface area contributed by atoms with Crippen LogP contribution in [0.1, 0.15) is 37.7 Å². The highest BCUT2D eigenvalue weighted by molar-refractivity contribution is 7.14. The van der Waals surface area contributed by atoms with Gasteiger partial charge in [0.15, 0.2) is 11.5 Å². The lowest BCUT2D eigenvalue weighted by Crippen LogP contribution is -2.16. The lowest BCUT2D eigenvalue weighted by molar-refractivity contribution is 0.100. The van der Waals surface area contributed by atoms with Crippen molar-refractivity contribution in [2.75, 3.05) is 12.4 Å². The zero-order valence-electron chi connectivity index (χ0n) is 15.6. The van der Waals surface area contributed by atoms with Gasteiger partial charge in [-0.3, -0.25) is 9.59 Å². The Balaban J connectivity index is 1.76. The zero-order chi connectivity index (χ0) is 20.3. The molecular formula is C19H19N3O5S. The molecule has 0 unspecified atom stereocenters. The third-order valence-corrected chi connectivity index (χ3v) is 4.97. The van der Waals surface area contributed by atoms with E-state index in [0.717, 1.165) is 11.3 Å². The standard InChI is InChI=1S/C19H19N3O5S/c1-10-14(11(2)27-22-10)9-26-15-5-4-12(8-16(15)25-3)18(24)21-19-13(17(20)23)6-7-28-19/h4-8H,9H2,1-3H3,(H2,20,23)(H,21,24). The SMILES string of the molecule is COc1cc(C(=O)Nc2sccc2C(N)=O)ccc1OCc1c(C)noc1C. The average molecular weight is 401 g/mol. The quantitative estimate of drug-likeness (QED) is 0.627. The highest BCUT2D eigenvalue weighted by Gasteiger charge is 2.17. The van der Waals surface area contributed by atoms with Gasteiger partial charge in [0.25, 0.3) is 11.8 Å². The molecule has 0 bridgehead atoms. The summed E-state index contributed by atoms with van der Waals surface area (Å²) < 4.78 is 16.3. The maximum atomic E-state index is 12.5. The van der Waals surface area contributed by atoms with Crippen LogP contribution in [-0.4, -0.2) is 24.1 Å². The Labute approximate surface area is 165 Å². The lowest BCUT2D eigenvalue weighted by atomic mass is 10.1. The summed E-state index contributed by atoms with van der Waals surface area (Å²) in [6.07, 6.45) is 0. The van der Waals surface area contributed by atoms with E-state index in [-0.39, 0.29) is 18.1 Å². The minimum absolute atomic E-state index is 0.264. The minimum atomic E-state index is -0.600. The number of nitrogens with zero attached hydrogens (tertiary/aromatic N) is 1. The monoisotopic (exact) mass is 401 g/mol. The van der Waals surface area contributed by atoms with E-state index in [1.165, 1.54) is 18.4 Å². The number of rotatable bonds is 7. The predicted molar refractivity (Wildman–Crippen MR) is 104 cm³/mol. The molecule has 0 aliphatic rings. The molecular weight excluding hydrogens is 382 g/mol. The summed E-state index contributed by atoms with van der Waals surface area (Å²) in [7, 11) is 1.49. The smallest absolute Gasteiger partial charge is 0.256 e. The van der Waals surface area contributed by atoms with Gasteiger partial charge in [0.1, 0.15) is 17.4 Å². The summed E-state index contributed by atoms with van der Waals surface area (Å²) in [5, 5.41) is 8.66. The van der Waals surface area contributed by atoms with Crippen molar-refractivity contribution in [2.24, 2.45) is 5.73 Å². The number of carbonyl (C=O) groups is 2. The Bertz CT molecular complexity index is 1010. The number of carbonyl (C=O) groups excluding carboxylic acids is 2. The molecule has 9 heteroatoms. The molecule has 0 saturated carbocycles. The normalized spacial score (nSPS) is 10.5. The number of primary amides is 1. The van der Waals surface area contributed by atoms with Gasteiger partial charge in [-0.05, 0) is 43.5 Å². The second-order valence-electron chi connectivity index (χ2n) is 5.94. The molecule has 2 aromatic heterocycles. The minimum Gasteiger partial charge on any atom is -0.493 e. The topological polar surface area (TPSA) is 117 Å². The largest absolute Gasteiger partial charge is 0.493 e. The van der Waals surface area contributed by atoms with Crippen molar-refractivity contribution in [1.82, 2.24) is 5.16 Å². The van der Waals surface area contributed by atoms with Crippen LogP contribution in [0.2, 0.25) is 0 Å². The van der Waals surface area contributed by atoms with Gasteiger partial charge in [0.05, 0.1) is 23.9 Å². The van der Waals surface area contributed by atoms with Crippen LogP contribution in [0.3, 0.4) is 0 Å². The number of hydrogen-bond donors (Lipinski definition) is 2. The maximum Gasteiger partial charge on any atom is 0.256 e. The number of nitrogens with one attached hydrogen (secondary N) is 1. The van der Waals surface area contributed by atoms with E-state index in [2.05, 4.69) is 10.5 Å². The van der Waals surface area contributed by atoms with Crippen molar-refractivity contribution in [3.05, 3.63) is 57.8 Å². The molecule has 8 nitrogen and oxygen atoms in total. The summed E-state index contributed by atoms with van der Waals surface area (Å²) in [4.78, 5) is 23.9. The molecule has 3 aromatic rings. The molecule has 3 N–H and O–H groups in total. The first-order valence-electron chi connectivity index (χ1n) is 8.32. The van der Waals surface area contributed by atoms with Gasteiger partial charge in [-0.1, -0.05) is 5.16 Å². The third kappa shape index (κ3) is 3.99. The van der Waals surface area contributed by atoms with Crippen LogP contribution in [0.4, 0.5) is 5.00 Å². The Morgan fingerprint density at radius 1 is 1.25 bits per heavy atom. The van der Waals surface area contributed by atoms with Gasteiger partial charge < -0.3 is 25.0 Å². The summed E-state index contributed by atoms with van der Waals surface area (Å²) >= 11 is 1.22. The highest BCUT2D eigenvalue weighted by Crippen LogP contribution is 2.30. The molecule has 2 heterocycles. The molecule has 0 saturated heterocycles. The fourth-order valence-corrected chi connectivity index (χ4v) is 3.35. The maximum absolute atomic E-state index is 12.5. The van der Waals surface area contributed by atoms with Crippen LogP contribution in [0.25, 0.3) is 0 Å². The molecule has 1 aromatic carbocycles. The van der Waals surface area contributed by atoms with E-state index >= 15 is 0 Å². The first-order valence-corrected chi connectivity index (χ1v) is 9.20. The average Bonchev–Trinajstić information content (AvgIpc) is 3.26. The van der Waals surface area contributed by atoms with Crippen LogP contribution in [0.5, 0.6) is 11.5 Å². The number of anilines is 1. The Morgan fingerprint density at radius 2 is 2.04 bits per heavy atom. The second kappa shape index (κ2) is 8.13. The highest BCUT2D eigenvalue weighted by atomic mass is 32.1. The molecule has 146 valence electrons. The number of nitrogens with two attached hydrogens (primary N) is 1. The molecule has 0 atom stereocenters. The summed E-state index contributed by atoms with van der Waals surface area (Å²) in [6.45, 7) is 3.92. The van der Waals surface area contributed by atoms with Gasteiger partial charge in [-0.15, -0.1) is 11.3 Å². The number of ether oxygens (including phenoxy) is 2. The van der Waals surface area contributed by atoms with E-state index in [1.807, 2.05) is 13.8 Å². The van der Waals surface area contributed by atoms with Gasteiger partial charge >= 0.3 is 0 Å². The van der Waals surface area contributed by atoms with E-state index < -0.39 is 5.91 Å². The van der Waals surface area contributed by atoms with Crippen molar-refractivity contribution >= 4 is 28.2 Å². The van der Waals surface area contributed by atoms with Gasteiger partial charge in [0, 0.05) is 5.56 Å². The molecule has 0 fully saturated rings. The lowest BCUT2D eigenvalue weighted by Gasteiger charge is -2.12. The fraction of sp³-hybridized carbons (Fsp3) is 0.211. The Morgan fingerprint density at radius 3 is 2.68 bits per heavy atom. The van der Waals surface area contributed by atoms with Crippen LogP contribution in [0.15, 0.2) is 34.2 Å². The fourth-order valence-electron chi connectivity index (χ4n) is 2.56. The number of aromatic nitrogens is 1. The zero-order valence-corrected chi connectivity index (χ0v) is 16.4. The van der Waals surface area contributed by atoms with E-state index in [0.29, 0.717) is 27.8 Å². The third-order valence-electron chi connectivity index (χ3n) is 4.14. The summed E-state index contributed by atoms with van der Waals surface area (Å²) in [5.41, 5.74) is 7.54. The molecule has 0 aliphatic carbocycles. The molecule has 0 radical (unpaired) electrons. The molecule has 0 spiro atoms. The van der Waals surface area contributed by atoms with Crippen LogP contribution < -0.4 is 20.5 Å².